The number of nitrogens with zero attached hydrogens (tertiary/aromatic N) is 4. The molecular weight excluding hydrogens is 368 g/mol. The fourth-order valence-corrected chi connectivity index (χ4v) is 3.15. The Bertz CT molecular complexity index is 1250. The summed E-state index contributed by atoms with van der Waals surface area (Å²) in [6, 6.07) is 14.9. The first-order valence-corrected chi connectivity index (χ1v) is 9.42. The van der Waals surface area contributed by atoms with Crippen LogP contribution in [0, 0.1) is 5.92 Å². The lowest BCUT2D eigenvalue weighted by Crippen LogP contribution is -2.20. The number of aryl methyl sites for hydroxylation is 1. The zero-order chi connectivity index (χ0) is 20.5. The van der Waals surface area contributed by atoms with Crippen LogP contribution in [0.4, 0.5) is 11.4 Å². The molecule has 0 aliphatic heterocycles. The SMILES string of the molecule is CC(C)C(=O)Nc1ccc(NCc2nnc3n(C)c(=O)c4ccccc4n23)cc1. The summed E-state index contributed by atoms with van der Waals surface area (Å²) < 4.78 is 3.39. The van der Waals surface area contributed by atoms with Crippen LogP contribution >= 0.6 is 0 Å². The maximum atomic E-state index is 12.5. The van der Waals surface area contributed by atoms with Crippen molar-refractivity contribution in [1.82, 2.24) is 19.2 Å². The second kappa shape index (κ2) is 7.38. The van der Waals surface area contributed by atoms with Gasteiger partial charge in [0.05, 0.1) is 17.4 Å². The van der Waals surface area contributed by atoms with E-state index in [2.05, 4.69) is 20.8 Å². The number of aromatic nitrogens is 4. The number of rotatable bonds is 5. The summed E-state index contributed by atoms with van der Waals surface area (Å²) in [6.07, 6.45) is 0. The highest BCUT2D eigenvalue weighted by molar-refractivity contribution is 5.92. The van der Waals surface area contributed by atoms with Gasteiger partial charge >= 0.3 is 0 Å². The maximum Gasteiger partial charge on any atom is 0.262 e. The highest BCUT2D eigenvalue weighted by atomic mass is 16.2. The van der Waals surface area contributed by atoms with Gasteiger partial charge < -0.3 is 10.6 Å². The number of hydrogen-bond acceptors (Lipinski definition) is 5. The normalized spacial score (nSPS) is 11.3. The van der Waals surface area contributed by atoms with E-state index in [-0.39, 0.29) is 17.4 Å². The minimum absolute atomic E-state index is 0.0156. The van der Waals surface area contributed by atoms with Gasteiger partial charge in [-0.25, -0.2) is 0 Å². The molecule has 0 atom stereocenters. The first-order valence-electron chi connectivity index (χ1n) is 9.42. The number of hydrogen-bond donors (Lipinski definition) is 2. The Morgan fingerprint density at radius 2 is 1.72 bits per heavy atom. The monoisotopic (exact) mass is 390 g/mol. The first kappa shape index (κ1) is 18.7. The van der Waals surface area contributed by atoms with Crippen LogP contribution in [-0.4, -0.2) is 25.1 Å². The first-order chi connectivity index (χ1) is 14.0. The highest BCUT2D eigenvalue weighted by Crippen LogP contribution is 2.17. The van der Waals surface area contributed by atoms with Gasteiger partial charge in [0.2, 0.25) is 11.7 Å². The molecule has 0 spiro atoms. The third-order valence-electron chi connectivity index (χ3n) is 4.82. The zero-order valence-electron chi connectivity index (χ0n) is 16.5. The Morgan fingerprint density at radius 3 is 2.45 bits per heavy atom. The average molecular weight is 390 g/mol. The van der Waals surface area contributed by atoms with E-state index in [4.69, 9.17) is 0 Å². The molecule has 4 rings (SSSR count). The number of nitrogens with one attached hydrogen (secondary N) is 2. The van der Waals surface area contributed by atoms with Crippen LogP contribution in [0.25, 0.3) is 16.7 Å². The molecule has 1 amide bonds. The van der Waals surface area contributed by atoms with Crippen LogP contribution in [0.2, 0.25) is 0 Å². The van der Waals surface area contributed by atoms with Crippen molar-refractivity contribution in [2.24, 2.45) is 13.0 Å². The van der Waals surface area contributed by atoms with Gasteiger partial charge in [0.15, 0.2) is 5.82 Å². The maximum absolute atomic E-state index is 12.5. The molecule has 8 nitrogen and oxygen atoms in total. The molecule has 0 aliphatic carbocycles. The number of carbonyl (C=O) groups excluding carboxylic acids is 1. The zero-order valence-corrected chi connectivity index (χ0v) is 16.5. The van der Waals surface area contributed by atoms with E-state index in [0.29, 0.717) is 23.5 Å². The Morgan fingerprint density at radius 1 is 1.03 bits per heavy atom. The smallest absolute Gasteiger partial charge is 0.262 e. The number of benzene rings is 2. The van der Waals surface area contributed by atoms with Crippen LogP contribution in [0.5, 0.6) is 0 Å². The second-order valence-electron chi connectivity index (χ2n) is 7.21. The molecule has 2 aromatic heterocycles. The van der Waals surface area contributed by atoms with E-state index in [1.165, 1.54) is 4.57 Å². The number of fused-ring (bicyclic) bond motifs is 3. The van der Waals surface area contributed by atoms with Crippen molar-refractivity contribution in [1.29, 1.82) is 0 Å². The second-order valence-corrected chi connectivity index (χ2v) is 7.21. The van der Waals surface area contributed by atoms with Crippen LogP contribution in [0.1, 0.15) is 19.7 Å². The van der Waals surface area contributed by atoms with Crippen molar-refractivity contribution in [3.05, 3.63) is 64.7 Å². The van der Waals surface area contributed by atoms with Crippen LogP contribution in [0.3, 0.4) is 0 Å². The standard InChI is InChI=1S/C21H22N6O2/c1-13(2)19(28)23-15-10-8-14(9-11-15)22-12-18-24-25-21-26(3)20(29)16-6-4-5-7-17(16)27(18)21/h4-11,13,22H,12H2,1-3H3,(H,23,28). The van der Waals surface area contributed by atoms with Crippen LogP contribution in [-0.2, 0) is 18.4 Å². The molecule has 2 aromatic carbocycles. The highest BCUT2D eigenvalue weighted by Gasteiger charge is 2.14. The summed E-state index contributed by atoms with van der Waals surface area (Å²) in [6.45, 7) is 4.14. The van der Waals surface area contributed by atoms with Gasteiger partial charge in [0, 0.05) is 24.3 Å². The third kappa shape index (κ3) is 3.44. The molecule has 29 heavy (non-hydrogen) atoms. The Kier molecular flexibility index (Phi) is 4.75. The minimum Gasteiger partial charge on any atom is -0.378 e. The molecule has 4 aromatic rings. The molecule has 2 heterocycles. The minimum atomic E-state index is -0.0981. The van der Waals surface area contributed by atoms with Crippen LogP contribution in [0.15, 0.2) is 53.3 Å². The van der Waals surface area contributed by atoms with E-state index >= 15 is 0 Å². The number of amides is 1. The van der Waals surface area contributed by atoms with Gasteiger partial charge in [0.25, 0.3) is 5.56 Å². The molecule has 0 unspecified atom stereocenters. The van der Waals surface area contributed by atoms with Gasteiger partial charge in [-0.05, 0) is 36.4 Å². The molecule has 0 bridgehead atoms. The average Bonchev–Trinajstić information content (AvgIpc) is 3.15. The van der Waals surface area contributed by atoms with Gasteiger partial charge in [-0.2, -0.15) is 0 Å². The Hall–Kier alpha value is -3.68. The van der Waals surface area contributed by atoms with E-state index in [9.17, 15) is 9.59 Å². The van der Waals surface area contributed by atoms with Crippen molar-refractivity contribution in [2.45, 2.75) is 20.4 Å². The van der Waals surface area contributed by atoms with Gasteiger partial charge in [0.1, 0.15) is 0 Å². The predicted octanol–water partition coefficient (Wildman–Crippen LogP) is 2.79. The van der Waals surface area contributed by atoms with Crippen LogP contribution < -0.4 is 16.2 Å². The van der Waals surface area contributed by atoms with E-state index in [1.54, 1.807) is 13.1 Å². The fourth-order valence-electron chi connectivity index (χ4n) is 3.15. The van der Waals surface area contributed by atoms with Crippen molar-refractivity contribution < 1.29 is 4.79 Å². The number of carbonyl (C=O) groups is 1. The molecule has 0 saturated carbocycles. The van der Waals surface area contributed by atoms with Crippen molar-refractivity contribution in [3.8, 4) is 0 Å². The summed E-state index contributed by atoms with van der Waals surface area (Å²) in [5, 5.41) is 15.3. The van der Waals surface area contributed by atoms with E-state index in [0.717, 1.165) is 16.9 Å². The van der Waals surface area contributed by atoms with E-state index in [1.807, 2.05) is 60.7 Å². The summed E-state index contributed by atoms with van der Waals surface area (Å²) in [7, 11) is 1.69. The molecule has 2 N–H and O–H groups in total. The van der Waals surface area contributed by atoms with Gasteiger partial charge in [-0.1, -0.05) is 26.0 Å². The molecule has 8 heteroatoms. The van der Waals surface area contributed by atoms with Gasteiger partial charge in [-0.3, -0.25) is 18.6 Å². The number of anilines is 2. The summed E-state index contributed by atoms with van der Waals surface area (Å²) >= 11 is 0. The largest absolute Gasteiger partial charge is 0.378 e. The molecule has 0 aliphatic rings. The molecule has 0 radical (unpaired) electrons. The Balaban J connectivity index is 1.59. The third-order valence-corrected chi connectivity index (χ3v) is 4.82. The Labute approximate surface area is 167 Å². The lowest BCUT2D eigenvalue weighted by molar-refractivity contribution is -0.118. The van der Waals surface area contributed by atoms with Crippen molar-refractivity contribution in [3.63, 3.8) is 0 Å². The van der Waals surface area contributed by atoms with E-state index < -0.39 is 0 Å². The summed E-state index contributed by atoms with van der Waals surface area (Å²) in [5.41, 5.74) is 2.32. The van der Waals surface area contributed by atoms with Crippen molar-refractivity contribution >= 4 is 34.0 Å². The molecule has 148 valence electrons. The predicted molar refractivity (Wildman–Crippen MR) is 113 cm³/mol. The quantitative estimate of drug-likeness (QED) is 0.547. The summed E-state index contributed by atoms with van der Waals surface area (Å²) in [4.78, 5) is 24.3. The molecule has 0 saturated heterocycles. The molecule has 0 fully saturated rings. The summed E-state index contributed by atoms with van der Waals surface area (Å²) in [5.74, 6) is 1.11. The van der Waals surface area contributed by atoms with Gasteiger partial charge in [-0.15, -0.1) is 10.2 Å². The topological polar surface area (TPSA) is 93.3 Å². The molecular formula is C21H22N6O2. The lowest BCUT2D eigenvalue weighted by atomic mass is 10.2. The number of para-hydroxylation sites is 1. The lowest BCUT2D eigenvalue weighted by Gasteiger charge is -2.10. The van der Waals surface area contributed by atoms with Crippen molar-refractivity contribution in [2.75, 3.05) is 10.6 Å². The fraction of sp³-hybridized carbons (Fsp3) is 0.238.